The second-order valence-corrected chi connectivity index (χ2v) is 8.27. The third-order valence-electron chi connectivity index (χ3n) is 4.12. The van der Waals surface area contributed by atoms with Crippen molar-refractivity contribution < 1.29 is 27.6 Å². The first-order chi connectivity index (χ1) is 13.8. The van der Waals surface area contributed by atoms with Gasteiger partial charge in [-0.3, -0.25) is 14.9 Å². The summed E-state index contributed by atoms with van der Waals surface area (Å²) in [6, 6.07) is 8.49. The molecule has 29 heavy (non-hydrogen) atoms. The van der Waals surface area contributed by atoms with Crippen molar-refractivity contribution in [2.24, 2.45) is 0 Å². The fourth-order valence-electron chi connectivity index (χ4n) is 2.70. The number of nitrogens with zero attached hydrogens (tertiary/aromatic N) is 1. The van der Waals surface area contributed by atoms with Crippen molar-refractivity contribution in [2.75, 3.05) is 37.9 Å². The molecular formula is C18H19N3O7S. The molecule has 1 amide bonds. The summed E-state index contributed by atoms with van der Waals surface area (Å²) in [5, 5.41) is 16.8. The lowest BCUT2D eigenvalue weighted by atomic mass is 10.2. The maximum Gasteiger partial charge on any atom is 0.293 e. The molecule has 0 unspecified atom stereocenters. The molecule has 0 radical (unpaired) electrons. The van der Waals surface area contributed by atoms with Crippen molar-refractivity contribution in [1.29, 1.82) is 0 Å². The smallest absolute Gasteiger partial charge is 0.293 e. The first kappa shape index (κ1) is 20.4. The molecule has 0 spiro atoms. The molecule has 2 aromatic rings. The number of anilines is 1. The van der Waals surface area contributed by atoms with E-state index in [1.807, 2.05) is 0 Å². The van der Waals surface area contributed by atoms with Gasteiger partial charge in [-0.1, -0.05) is 0 Å². The van der Waals surface area contributed by atoms with Crippen molar-refractivity contribution in [3.63, 3.8) is 0 Å². The number of nitrogens with one attached hydrogen (secondary N) is 2. The van der Waals surface area contributed by atoms with E-state index in [1.54, 1.807) is 18.2 Å². The highest BCUT2D eigenvalue weighted by molar-refractivity contribution is 7.90. The van der Waals surface area contributed by atoms with Crippen molar-refractivity contribution in [1.82, 2.24) is 5.32 Å². The van der Waals surface area contributed by atoms with E-state index >= 15 is 0 Å². The summed E-state index contributed by atoms with van der Waals surface area (Å²) < 4.78 is 34.0. The molecule has 11 heteroatoms. The Labute approximate surface area is 166 Å². The molecule has 0 bridgehead atoms. The van der Waals surface area contributed by atoms with Crippen molar-refractivity contribution in [2.45, 2.75) is 4.90 Å². The highest BCUT2D eigenvalue weighted by Gasteiger charge is 2.19. The highest BCUT2D eigenvalue weighted by atomic mass is 32.2. The normalized spacial score (nSPS) is 12.9. The van der Waals surface area contributed by atoms with Crippen molar-refractivity contribution in [3.05, 3.63) is 52.1 Å². The summed E-state index contributed by atoms with van der Waals surface area (Å²) in [6.07, 6.45) is 0.979. The summed E-state index contributed by atoms with van der Waals surface area (Å²) in [7, 11) is -3.56. The molecule has 10 nitrogen and oxygen atoms in total. The van der Waals surface area contributed by atoms with Crippen molar-refractivity contribution >= 4 is 27.1 Å². The molecule has 0 aliphatic carbocycles. The minimum Gasteiger partial charge on any atom is -0.486 e. The van der Waals surface area contributed by atoms with E-state index in [4.69, 9.17) is 9.47 Å². The minimum absolute atomic E-state index is 0.137. The summed E-state index contributed by atoms with van der Waals surface area (Å²) >= 11 is 0. The second-order valence-electron chi connectivity index (χ2n) is 6.25. The van der Waals surface area contributed by atoms with Crippen LogP contribution in [0.25, 0.3) is 0 Å². The zero-order valence-corrected chi connectivity index (χ0v) is 16.3. The lowest BCUT2D eigenvalue weighted by Crippen LogP contribution is -2.29. The maximum absolute atomic E-state index is 12.3. The summed E-state index contributed by atoms with van der Waals surface area (Å²) in [5.41, 5.74) is 0.208. The van der Waals surface area contributed by atoms with Gasteiger partial charge < -0.3 is 20.1 Å². The molecule has 0 saturated carbocycles. The summed E-state index contributed by atoms with van der Waals surface area (Å²) in [4.78, 5) is 22.7. The Morgan fingerprint density at radius 2 is 1.83 bits per heavy atom. The number of ether oxygens (including phenoxy) is 2. The largest absolute Gasteiger partial charge is 0.486 e. The van der Waals surface area contributed by atoms with Gasteiger partial charge in [-0.05, 0) is 30.3 Å². The van der Waals surface area contributed by atoms with E-state index in [-0.39, 0.29) is 35.3 Å². The number of fused-ring (bicyclic) bond motifs is 1. The number of carbonyl (C=O) groups excluding carboxylic acids is 1. The molecule has 3 rings (SSSR count). The van der Waals surface area contributed by atoms with Gasteiger partial charge in [0, 0.05) is 31.0 Å². The Balaban J connectivity index is 1.59. The predicted octanol–water partition coefficient (Wildman–Crippen LogP) is 1.61. The van der Waals surface area contributed by atoms with Gasteiger partial charge in [0.05, 0.1) is 9.82 Å². The van der Waals surface area contributed by atoms with Crippen LogP contribution < -0.4 is 20.1 Å². The number of carbonyl (C=O) groups is 1. The SMILES string of the molecule is CS(=O)(=O)c1ccc(NCCNC(=O)c2ccc3c(c2)OCCO3)c([N+](=O)[O-])c1. The Bertz CT molecular complexity index is 1050. The molecule has 1 aliphatic heterocycles. The van der Waals surface area contributed by atoms with Crippen LogP contribution in [0.15, 0.2) is 41.3 Å². The van der Waals surface area contributed by atoms with E-state index in [9.17, 15) is 23.3 Å². The molecule has 1 aliphatic rings. The number of rotatable bonds is 7. The van der Waals surface area contributed by atoms with Crippen molar-refractivity contribution in [3.8, 4) is 11.5 Å². The van der Waals surface area contributed by atoms with Gasteiger partial charge in [-0.15, -0.1) is 0 Å². The lowest BCUT2D eigenvalue weighted by molar-refractivity contribution is -0.384. The van der Waals surface area contributed by atoms with E-state index in [2.05, 4.69) is 10.6 Å². The monoisotopic (exact) mass is 421 g/mol. The number of hydrogen-bond acceptors (Lipinski definition) is 8. The average molecular weight is 421 g/mol. The number of hydrogen-bond donors (Lipinski definition) is 2. The first-order valence-corrected chi connectivity index (χ1v) is 10.5. The Kier molecular flexibility index (Phi) is 5.87. The van der Waals surface area contributed by atoms with Gasteiger partial charge in [0.15, 0.2) is 21.3 Å². The maximum atomic E-state index is 12.3. The predicted molar refractivity (Wildman–Crippen MR) is 104 cm³/mol. The number of nitro benzene ring substituents is 1. The third kappa shape index (κ3) is 4.93. The molecule has 0 aromatic heterocycles. The van der Waals surface area contributed by atoms with Crippen LogP contribution in [0, 0.1) is 10.1 Å². The van der Waals surface area contributed by atoms with E-state index in [1.165, 1.54) is 12.1 Å². The Morgan fingerprint density at radius 3 is 2.52 bits per heavy atom. The minimum atomic E-state index is -3.56. The molecular weight excluding hydrogens is 402 g/mol. The molecule has 0 saturated heterocycles. The molecule has 0 atom stereocenters. The lowest BCUT2D eigenvalue weighted by Gasteiger charge is -2.18. The topological polar surface area (TPSA) is 137 Å². The van der Waals surface area contributed by atoms with Crippen LogP contribution in [0.5, 0.6) is 11.5 Å². The highest BCUT2D eigenvalue weighted by Crippen LogP contribution is 2.30. The Morgan fingerprint density at radius 1 is 1.10 bits per heavy atom. The Hall–Kier alpha value is -3.34. The van der Waals surface area contributed by atoms with Crippen LogP contribution in [0.2, 0.25) is 0 Å². The van der Waals surface area contributed by atoms with Crippen LogP contribution in [0.1, 0.15) is 10.4 Å². The van der Waals surface area contributed by atoms with Crippen LogP contribution in [0.4, 0.5) is 11.4 Å². The fourth-order valence-corrected chi connectivity index (χ4v) is 3.34. The standard InChI is InChI=1S/C18H19N3O7S/c1-29(25,26)13-3-4-14(15(11-13)21(23)24)19-6-7-20-18(22)12-2-5-16-17(10-12)28-9-8-27-16/h2-5,10-11,19H,6-9H2,1H3,(H,20,22). The molecule has 2 N–H and O–H groups in total. The molecule has 154 valence electrons. The third-order valence-corrected chi connectivity index (χ3v) is 5.23. The fraction of sp³-hybridized carbons (Fsp3) is 0.278. The summed E-state index contributed by atoms with van der Waals surface area (Å²) in [6.45, 7) is 1.27. The second kappa shape index (κ2) is 8.35. The number of benzene rings is 2. The van der Waals surface area contributed by atoms with Crippen LogP contribution in [0.3, 0.4) is 0 Å². The number of amides is 1. The average Bonchev–Trinajstić information content (AvgIpc) is 2.69. The molecule has 1 heterocycles. The zero-order chi connectivity index (χ0) is 21.0. The first-order valence-electron chi connectivity index (χ1n) is 8.66. The van der Waals surface area contributed by atoms with Gasteiger partial charge in [0.1, 0.15) is 18.9 Å². The van der Waals surface area contributed by atoms with Gasteiger partial charge in [-0.2, -0.15) is 0 Å². The molecule has 0 fully saturated rings. The van der Waals surface area contributed by atoms with Crippen LogP contribution in [-0.2, 0) is 9.84 Å². The number of nitro groups is 1. The van der Waals surface area contributed by atoms with Gasteiger partial charge in [0.25, 0.3) is 11.6 Å². The van der Waals surface area contributed by atoms with E-state index in [0.717, 1.165) is 12.3 Å². The van der Waals surface area contributed by atoms with Crippen LogP contribution in [-0.4, -0.2) is 51.8 Å². The van der Waals surface area contributed by atoms with Gasteiger partial charge >= 0.3 is 0 Å². The summed E-state index contributed by atoms with van der Waals surface area (Å²) in [5.74, 6) is 0.758. The zero-order valence-electron chi connectivity index (χ0n) is 15.5. The number of sulfone groups is 1. The van der Waals surface area contributed by atoms with Gasteiger partial charge in [-0.25, -0.2) is 8.42 Å². The van der Waals surface area contributed by atoms with Crippen LogP contribution >= 0.6 is 0 Å². The molecule has 2 aromatic carbocycles. The van der Waals surface area contributed by atoms with Gasteiger partial charge in [0.2, 0.25) is 0 Å². The van der Waals surface area contributed by atoms with E-state index in [0.29, 0.717) is 30.3 Å². The van der Waals surface area contributed by atoms with E-state index < -0.39 is 14.8 Å². The quantitative estimate of drug-likeness (QED) is 0.391.